The second-order valence-electron chi connectivity index (χ2n) is 7.40. The van der Waals surface area contributed by atoms with Crippen LogP contribution in [-0.4, -0.2) is 29.6 Å². The van der Waals surface area contributed by atoms with E-state index in [1.807, 2.05) is 37.5 Å². The second kappa shape index (κ2) is 7.61. The van der Waals surface area contributed by atoms with Crippen molar-refractivity contribution in [1.29, 1.82) is 0 Å². The second-order valence-corrected chi connectivity index (χ2v) is 7.40. The number of likely N-dealkylation sites (tertiary alicyclic amines) is 1. The lowest BCUT2D eigenvalue weighted by atomic mass is 9.75. The fourth-order valence-electron chi connectivity index (χ4n) is 4.48. The van der Waals surface area contributed by atoms with Gasteiger partial charge in [-0.3, -0.25) is 4.90 Å². The van der Waals surface area contributed by atoms with Gasteiger partial charge in [0.2, 0.25) is 5.89 Å². The van der Waals surface area contributed by atoms with Crippen molar-refractivity contribution in [2.75, 3.05) is 19.7 Å². The molecule has 2 fully saturated rings. The van der Waals surface area contributed by atoms with Crippen LogP contribution in [0.25, 0.3) is 11.5 Å². The highest BCUT2D eigenvalue weighted by Crippen LogP contribution is 2.36. The van der Waals surface area contributed by atoms with E-state index in [1.54, 1.807) is 0 Å². The maximum absolute atomic E-state index is 5.77. The monoisotopic (exact) mass is 340 g/mol. The summed E-state index contributed by atoms with van der Waals surface area (Å²) in [6.07, 6.45) is 8.87. The molecule has 0 bridgehead atoms. The Kier molecular flexibility index (Phi) is 5.07. The van der Waals surface area contributed by atoms with Crippen LogP contribution in [0, 0.1) is 11.8 Å². The quantitative estimate of drug-likeness (QED) is 0.787. The van der Waals surface area contributed by atoms with E-state index in [1.165, 1.54) is 45.2 Å². The fourth-order valence-corrected chi connectivity index (χ4v) is 4.48. The smallest absolute Gasteiger partial charge is 0.229 e. The summed E-state index contributed by atoms with van der Waals surface area (Å²) in [5.74, 6) is 3.36. The minimum absolute atomic E-state index is 0.640. The number of fused-ring (bicyclic) bond motifs is 1. The Hall–Kier alpha value is -1.81. The van der Waals surface area contributed by atoms with Crippen molar-refractivity contribution < 1.29 is 9.15 Å². The lowest BCUT2D eigenvalue weighted by molar-refractivity contribution is 0.0812. The normalized spacial score (nSPS) is 24.0. The maximum Gasteiger partial charge on any atom is 0.229 e. The lowest BCUT2D eigenvalue weighted by Crippen LogP contribution is -2.41. The van der Waals surface area contributed by atoms with Crippen LogP contribution >= 0.6 is 0 Å². The molecule has 1 aliphatic heterocycles. The summed E-state index contributed by atoms with van der Waals surface area (Å²) in [4.78, 5) is 7.29. The molecule has 0 unspecified atom stereocenters. The Bertz CT molecular complexity index is 697. The van der Waals surface area contributed by atoms with Crippen LogP contribution in [0.3, 0.4) is 0 Å². The Morgan fingerprint density at radius 1 is 1.16 bits per heavy atom. The number of hydrogen-bond acceptors (Lipinski definition) is 4. The lowest BCUT2D eigenvalue weighted by Gasteiger charge is -2.41. The van der Waals surface area contributed by atoms with Crippen molar-refractivity contribution in [2.45, 2.75) is 45.6 Å². The molecule has 1 aromatic carbocycles. The molecule has 1 saturated carbocycles. The van der Waals surface area contributed by atoms with Gasteiger partial charge in [-0.25, -0.2) is 4.98 Å². The van der Waals surface area contributed by atoms with Crippen LogP contribution in [0.2, 0.25) is 0 Å². The van der Waals surface area contributed by atoms with Gasteiger partial charge in [0.05, 0.1) is 17.9 Å². The van der Waals surface area contributed by atoms with E-state index in [-0.39, 0.29) is 0 Å². The zero-order valence-corrected chi connectivity index (χ0v) is 15.1. The summed E-state index contributed by atoms with van der Waals surface area (Å²) in [5, 5.41) is 0. The van der Waals surface area contributed by atoms with Crippen molar-refractivity contribution in [2.24, 2.45) is 11.8 Å². The average Bonchev–Trinajstić information content (AvgIpc) is 3.11. The van der Waals surface area contributed by atoms with Crippen LogP contribution in [0.4, 0.5) is 0 Å². The Morgan fingerprint density at radius 2 is 2.00 bits per heavy atom. The number of para-hydroxylation sites is 1. The molecule has 0 N–H and O–H groups in total. The van der Waals surface area contributed by atoms with Crippen molar-refractivity contribution in [3.05, 3.63) is 36.2 Å². The minimum atomic E-state index is 0.640. The molecule has 0 radical (unpaired) electrons. The van der Waals surface area contributed by atoms with Gasteiger partial charge in [-0.15, -0.1) is 0 Å². The van der Waals surface area contributed by atoms with Crippen LogP contribution in [0.5, 0.6) is 5.75 Å². The highest BCUT2D eigenvalue weighted by atomic mass is 16.5. The Balaban J connectivity index is 1.43. The molecule has 2 heterocycles. The topological polar surface area (TPSA) is 38.5 Å². The third-order valence-electron chi connectivity index (χ3n) is 5.73. The first-order chi connectivity index (χ1) is 12.3. The van der Waals surface area contributed by atoms with Crippen LogP contribution < -0.4 is 4.74 Å². The highest BCUT2D eigenvalue weighted by molar-refractivity contribution is 5.62. The van der Waals surface area contributed by atoms with Gasteiger partial charge in [-0.2, -0.15) is 0 Å². The molecule has 0 spiro atoms. The van der Waals surface area contributed by atoms with Gasteiger partial charge < -0.3 is 9.15 Å². The molecule has 2 aromatic rings. The van der Waals surface area contributed by atoms with E-state index < -0.39 is 0 Å². The number of nitrogens with zero attached hydrogens (tertiary/aromatic N) is 2. The van der Waals surface area contributed by atoms with E-state index in [0.717, 1.165) is 35.4 Å². The van der Waals surface area contributed by atoms with Gasteiger partial charge >= 0.3 is 0 Å². The Labute approximate surface area is 150 Å². The summed E-state index contributed by atoms with van der Waals surface area (Å²) in [6.45, 7) is 5.94. The van der Waals surface area contributed by atoms with E-state index in [9.17, 15) is 0 Å². The number of benzene rings is 1. The first-order valence-electron chi connectivity index (χ1n) is 9.72. The first kappa shape index (κ1) is 16.6. The highest BCUT2D eigenvalue weighted by Gasteiger charge is 2.31. The number of rotatable bonds is 5. The number of oxazole rings is 1. The van der Waals surface area contributed by atoms with Crippen molar-refractivity contribution >= 4 is 0 Å². The van der Waals surface area contributed by atoms with E-state index in [0.29, 0.717) is 12.5 Å². The molecule has 1 aliphatic carbocycles. The molecule has 4 rings (SSSR count). The van der Waals surface area contributed by atoms with Gasteiger partial charge in [-0.1, -0.05) is 31.4 Å². The summed E-state index contributed by atoms with van der Waals surface area (Å²) in [6, 6.07) is 7.95. The van der Waals surface area contributed by atoms with Gasteiger partial charge in [0.25, 0.3) is 0 Å². The third kappa shape index (κ3) is 3.74. The van der Waals surface area contributed by atoms with Crippen molar-refractivity contribution in [3.8, 4) is 17.2 Å². The SMILES string of the molecule is CCOc1ccccc1-c1nc(CN2CC[C@@H]3CCCC[C@@H]3C2)co1. The van der Waals surface area contributed by atoms with Crippen LogP contribution in [-0.2, 0) is 6.54 Å². The summed E-state index contributed by atoms with van der Waals surface area (Å²) < 4.78 is 11.5. The molecule has 0 amide bonds. The molecule has 1 saturated heterocycles. The third-order valence-corrected chi connectivity index (χ3v) is 5.73. The first-order valence-corrected chi connectivity index (χ1v) is 9.72. The Morgan fingerprint density at radius 3 is 2.88 bits per heavy atom. The van der Waals surface area contributed by atoms with Crippen LogP contribution in [0.15, 0.2) is 34.9 Å². The van der Waals surface area contributed by atoms with Gasteiger partial charge in [-0.05, 0) is 50.3 Å². The van der Waals surface area contributed by atoms with Gasteiger partial charge in [0.1, 0.15) is 12.0 Å². The zero-order valence-electron chi connectivity index (χ0n) is 15.1. The molecule has 1 aromatic heterocycles. The molecule has 4 nitrogen and oxygen atoms in total. The summed E-state index contributed by atoms with van der Waals surface area (Å²) >= 11 is 0. The van der Waals surface area contributed by atoms with E-state index in [2.05, 4.69) is 4.90 Å². The predicted molar refractivity (Wildman–Crippen MR) is 98.5 cm³/mol. The van der Waals surface area contributed by atoms with Crippen molar-refractivity contribution in [3.63, 3.8) is 0 Å². The van der Waals surface area contributed by atoms with Gasteiger partial charge in [0, 0.05) is 13.1 Å². The molecule has 2 atom stereocenters. The molecule has 4 heteroatoms. The number of ether oxygens (including phenoxy) is 1. The fraction of sp³-hybridized carbons (Fsp3) is 0.571. The number of hydrogen-bond donors (Lipinski definition) is 0. The number of piperidine rings is 1. The van der Waals surface area contributed by atoms with E-state index >= 15 is 0 Å². The molecule has 2 aliphatic rings. The summed E-state index contributed by atoms with van der Waals surface area (Å²) in [5.41, 5.74) is 1.96. The molecule has 25 heavy (non-hydrogen) atoms. The predicted octanol–water partition coefficient (Wildman–Crippen LogP) is 4.75. The minimum Gasteiger partial charge on any atom is -0.493 e. The molecular weight excluding hydrogens is 312 g/mol. The van der Waals surface area contributed by atoms with Gasteiger partial charge in [0.15, 0.2) is 0 Å². The number of aromatic nitrogens is 1. The molecule has 134 valence electrons. The van der Waals surface area contributed by atoms with Crippen molar-refractivity contribution in [1.82, 2.24) is 9.88 Å². The standard InChI is InChI=1S/C21H28N2O2/c1-2-24-20-10-6-5-9-19(20)21-22-18(15-25-21)14-23-12-11-16-7-3-4-8-17(16)13-23/h5-6,9-10,15-17H,2-4,7-8,11-14H2,1H3/t16-,17+/m0/s1. The zero-order chi connectivity index (χ0) is 17.1. The largest absolute Gasteiger partial charge is 0.493 e. The van der Waals surface area contributed by atoms with Crippen LogP contribution in [0.1, 0.15) is 44.7 Å². The molecular formula is C21H28N2O2. The summed E-state index contributed by atoms with van der Waals surface area (Å²) in [7, 11) is 0. The average molecular weight is 340 g/mol. The van der Waals surface area contributed by atoms with E-state index in [4.69, 9.17) is 14.1 Å². The maximum atomic E-state index is 5.77.